The van der Waals surface area contributed by atoms with Gasteiger partial charge in [0, 0.05) is 39.0 Å². The van der Waals surface area contributed by atoms with Crippen molar-refractivity contribution in [3.8, 4) is 0 Å². The van der Waals surface area contributed by atoms with E-state index in [0.29, 0.717) is 25.8 Å². The van der Waals surface area contributed by atoms with Gasteiger partial charge in [0.2, 0.25) is 0 Å². The zero-order chi connectivity index (χ0) is 15.3. The van der Waals surface area contributed by atoms with Crippen molar-refractivity contribution in [1.82, 2.24) is 14.6 Å². The molecule has 1 aliphatic carbocycles. The molecule has 1 fully saturated rings. The first kappa shape index (κ1) is 16.4. The molecule has 1 N–H and O–H groups in total. The molecule has 0 spiro atoms. The van der Waals surface area contributed by atoms with E-state index in [2.05, 4.69) is 10.3 Å². The van der Waals surface area contributed by atoms with Crippen LogP contribution in [0.5, 0.6) is 0 Å². The molecule has 1 aromatic rings. The predicted molar refractivity (Wildman–Crippen MR) is 80.4 cm³/mol. The second-order valence-electron chi connectivity index (χ2n) is 5.18. The highest BCUT2D eigenvalue weighted by atomic mass is 32.2. The molecule has 1 aromatic heterocycles. The summed E-state index contributed by atoms with van der Waals surface area (Å²) in [6, 6.07) is 4.00. The highest BCUT2D eigenvalue weighted by Crippen LogP contribution is 2.19. The molecular weight excluding hydrogens is 290 g/mol. The Hall–Kier alpha value is -1.02. The molecule has 0 bridgehead atoms. The minimum atomic E-state index is -3.53. The Bertz CT molecular complexity index is 541. The average Bonchev–Trinajstić information content (AvgIpc) is 3.30. The molecule has 0 saturated heterocycles. The summed E-state index contributed by atoms with van der Waals surface area (Å²) in [5.41, 5.74) is 0.998. The van der Waals surface area contributed by atoms with Crippen molar-refractivity contribution in [3.05, 3.63) is 23.9 Å². The fraction of sp³-hybridized carbons (Fsp3) is 0.643. The summed E-state index contributed by atoms with van der Waals surface area (Å²) in [4.78, 5) is 4.09. The van der Waals surface area contributed by atoms with Gasteiger partial charge in [-0.15, -0.1) is 0 Å². The lowest BCUT2D eigenvalue weighted by Crippen LogP contribution is -2.31. The van der Waals surface area contributed by atoms with Crippen molar-refractivity contribution in [3.63, 3.8) is 0 Å². The Kier molecular flexibility index (Phi) is 5.69. The van der Waals surface area contributed by atoms with Gasteiger partial charge in [-0.2, -0.15) is 4.31 Å². The van der Waals surface area contributed by atoms with E-state index in [0.717, 1.165) is 12.1 Å². The first-order valence-corrected chi connectivity index (χ1v) is 8.70. The molecule has 0 aliphatic heterocycles. The Balaban J connectivity index is 1.94. The third kappa shape index (κ3) is 4.74. The van der Waals surface area contributed by atoms with E-state index in [4.69, 9.17) is 4.74 Å². The maximum Gasteiger partial charge on any atom is 0.260 e. The van der Waals surface area contributed by atoms with Crippen molar-refractivity contribution in [2.75, 3.05) is 26.8 Å². The monoisotopic (exact) mass is 313 g/mol. The number of nitrogens with zero attached hydrogens (tertiary/aromatic N) is 2. The molecule has 1 heterocycles. The number of hydrogen-bond donors (Lipinski definition) is 1. The van der Waals surface area contributed by atoms with E-state index < -0.39 is 10.0 Å². The molecule has 21 heavy (non-hydrogen) atoms. The number of nitrogens with one attached hydrogen (secondary N) is 1. The van der Waals surface area contributed by atoms with Crippen molar-refractivity contribution in [2.24, 2.45) is 0 Å². The number of hydrogen-bond acceptors (Lipinski definition) is 5. The lowest BCUT2D eigenvalue weighted by molar-refractivity contribution is 0.138. The van der Waals surface area contributed by atoms with Crippen LogP contribution in [0.15, 0.2) is 23.4 Å². The second kappa shape index (κ2) is 7.31. The van der Waals surface area contributed by atoms with Crippen molar-refractivity contribution < 1.29 is 13.2 Å². The molecule has 1 aliphatic rings. The molecule has 0 amide bonds. The van der Waals surface area contributed by atoms with Gasteiger partial charge in [-0.3, -0.25) is 0 Å². The van der Waals surface area contributed by atoms with Crippen LogP contribution in [0.2, 0.25) is 0 Å². The van der Waals surface area contributed by atoms with Gasteiger partial charge in [-0.25, -0.2) is 13.4 Å². The summed E-state index contributed by atoms with van der Waals surface area (Å²) in [5, 5.41) is 3.45. The minimum absolute atomic E-state index is 0.0803. The quantitative estimate of drug-likeness (QED) is 0.688. The molecule has 0 atom stereocenters. The van der Waals surface area contributed by atoms with Gasteiger partial charge in [-0.05, 0) is 31.4 Å². The molecule has 0 aromatic carbocycles. The Morgan fingerprint density at radius 1 is 1.43 bits per heavy atom. The van der Waals surface area contributed by atoms with Crippen molar-refractivity contribution in [2.45, 2.75) is 37.4 Å². The molecule has 0 radical (unpaired) electrons. The van der Waals surface area contributed by atoms with Gasteiger partial charge in [0.1, 0.15) is 0 Å². The Morgan fingerprint density at radius 3 is 2.76 bits per heavy atom. The van der Waals surface area contributed by atoms with Gasteiger partial charge in [-0.1, -0.05) is 6.07 Å². The molecule has 118 valence electrons. The van der Waals surface area contributed by atoms with Crippen LogP contribution in [0, 0.1) is 0 Å². The summed E-state index contributed by atoms with van der Waals surface area (Å²) in [6.45, 7) is 3.90. The molecular formula is C14H23N3O3S. The van der Waals surface area contributed by atoms with Crippen LogP contribution < -0.4 is 5.32 Å². The highest BCUT2D eigenvalue weighted by Gasteiger charge is 2.22. The van der Waals surface area contributed by atoms with Crippen LogP contribution in [-0.2, 0) is 21.3 Å². The third-order valence-corrected chi connectivity index (χ3v) is 5.17. The molecule has 7 heteroatoms. The lowest BCUT2D eigenvalue weighted by Gasteiger charge is -2.16. The van der Waals surface area contributed by atoms with Crippen LogP contribution in [0.4, 0.5) is 0 Å². The van der Waals surface area contributed by atoms with E-state index in [9.17, 15) is 8.42 Å². The largest absolute Gasteiger partial charge is 0.380 e. The number of likely N-dealkylation sites (N-methyl/N-ethyl adjacent to an activating group) is 1. The van der Waals surface area contributed by atoms with E-state index in [1.165, 1.54) is 17.1 Å². The standard InChI is InChI=1S/C14H23N3O3S/c1-3-20-9-8-17(2)21(18,19)14-7-4-12(11-16-14)10-15-13-5-6-13/h4,7,11,13,15H,3,5-6,8-10H2,1-2H3. The summed E-state index contributed by atoms with van der Waals surface area (Å²) < 4.78 is 31.1. The fourth-order valence-electron chi connectivity index (χ4n) is 1.84. The van der Waals surface area contributed by atoms with Gasteiger partial charge in [0.25, 0.3) is 10.0 Å². The third-order valence-electron chi connectivity index (χ3n) is 3.40. The molecule has 0 unspecified atom stereocenters. The Labute approximate surface area is 126 Å². The van der Waals surface area contributed by atoms with E-state index in [1.807, 2.05) is 13.0 Å². The Morgan fingerprint density at radius 2 is 2.19 bits per heavy atom. The fourth-order valence-corrected chi connectivity index (χ4v) is 2.90. The van der Waals surface area contributed by atoms with E-state index in [1.54, 1.807) is 19.3 Å². The minimum Gasteiger partial charge on any atom is -0.380 e. The average molecular weight is 313 g/mol. The first-order chi connectivity index (χ1) is 10.0. The number of pyridine rings is 1. The van der Waals surface area contributed by atoms with Crippen LogP contribution in [0.1, 0.15) is 25.3 Å². The second-order valence-corrected chi connectivity index (χ2v) is 7.18. The number of sulfonamides is 1. The lowest BCUT2D eigenvalue weighted by atomic mass is 10.3. The zero-order valence-corrected chi connectivity index (χ0v) is 13.4. The maximum atomic E-state index is 12.3. The summed E-state index contributed by atoms with van der Waals surface area (Å²) in [5.74, 6) is 0. The van der Waals surface area contributed by atoms with E-state index >= 15 is 0 Å². The number of rotatable bonds is 9. The zero-order valence-electron chi connectivity index (χ0n) is 12.6. The summed E-state index contributed by atoms with van der Waals surface area (Å²) in [6.07, 6.45) is 4.08. The van der Waals surface area contributed by atoms with Crippen LogP contribution in [0.25, 0.3) is 0 Å². The SMILES string of the molecule is CCOCCN(C)S(=O)(=O)c1ccc(CNC2CC2)cn1. The predicted octanol–water partition coefficient (Wildman–Crippen LogP) is 0.991. The van der Waals surface area contributed by atoms with Crippen molar-refractivity contribution >= 4 is 10.0 Å². The smallest absolute Gasteiger partial charge is 0.260 e. The van der Waals surface area contributed by atoms with Gasteiger partial charge < -0.3 is 10.1 Å². The van der Waals surface area contributed by atoms with E-state index in [-0.39, 0.29) is 5.03 Å². The summed E-state index contributed by atoms with van der Waals surface area (Å²) >= 11 is 0. The number of ether oxygens (including phenoxy) is 1. The van der Waals surface area contributed by atoms with Gasteiger partial charge in [0.05, 0.1) is 6.61 Å². The molecule has 6 nitrogen and oxygen atoms in total. The topological polar surface area (TPSA) is 71.5 Å². The number of aromatic nitrogens is 1. The van der Waals surface area contributed by atoms with Crippen LogP contribution in [0.3, 0.4) is 0 Å². The first-order valence-electron chi connectivity index (χ1n) is 7.26. The summed E-state index contributed by atoms with van der Waals surface area (Å²) in [7, 11) is -1.99. The molecule has 1 saturated carbocycles. The highest BCUT2D eigenvalue weighted by molar-refractivity contribution is 7.89. The van der Waals surface area contributed by atoms with Crippen molar-refractivity contribution in [1.29, 1.82) is 0 Å². The maximum absolute atomic E-state index is 12.3. The van der Waals surface area contributed by atoms with Crippen LogP contribution in [-0.4, -0.2) is 50.6 Å². The normalized spacial score (nSPS) is 15.6. The van der Waals surface area contributed by atoms with Crippen LogP contribution >= 0.6 is 0 Å². The van der Waals surface area contributed by atoms with Gasteiger partial charge in [0.15, 0.2) is 5.03 Å². The molecule has 2 rings (SSSR count). The van der Waals surface area contributed by atoms with Gasteiger partial charge >= 0.3 is 0 Å².